The molecule has 10 heteroatoms. The number of hydrogen-bond acceptors (Lipinski definition) is 6. The highest BCUT2D eigenvalue weighted by Gasteiger charge is 2.37. The van der Waals surface area contributed by atoms with Crippen LogP contribution < -0.4 is 4.90 Å². The molecular formula is C17H19F3N4O3. The van der Waals surface area contributed by atoms with Crippen LogP contribution in [0.25, 0.3) is 0 Å². The number of carbonyl (C=O) groups excluding carboxylic acids is 2. The molecule has 0 fully saturated rings. The largest absolute Gasteiger partial charge is 0.443 e. The lowest BCUT2D eigenvalue weighted by atomic mass is 10.0. The molecule has 0 unspecified atom stereocenters. The Kier molecular flexibility index (Phi) is 5.97. The number of halogens is 3. The van der Waals surface area contributed by atoms with Crippen molar-refractivity contribution in [3.8, 4) is 0 Å². The van der Waals surface area contributed by atoms with Crippen LogP contribution in [0.1, 0.15) is 37.6 Å². The Balaban J connectivity index is 2.42. The first-order chi connectivity index (χ1) is 12.5. The Morgan fingerprint density at radius 1 is 1.26 bits per heavy atom. The van der Waals surface area contributed by atoms with Gasteiger partial charge in [0, 0.05) is 30.7 Å². The molecule has 2 rings (SSSR count). The Labute approximate surface area is 154 Å². The molecule has 1 aromatic rings. The van der Waals surface area contributed by atoms with Gasteiger partial charge in [-0.1, -0.05) is 0 Å². The number of aliphatic imine (C=N–C) groups is 1. The van der Waals surface area contributed by atoms with Gasteiger partial charge in [0.15, 0.2) is 6.29 Å². The van der Waals surface area contributed by atoms with Crippen molar-refractivity contribution >= 4 is 24.5 Å². The zero-order valence-corrected chi connectivity index (χ0v) is 15.1. The van der Waals surface area contributed by atoms with Gasteiger partial charge in [-0.3, -0.25) is 9.79 Å². The van der Waals surface area contributed by atoms with Gasteiger partial charge < -0.3 is 4.74 Å². The summed E-state index contributed by atoms with van der Waals surface area (Å²) in [6.07, 6.45) is -1.77. The van der Waals surface area contributed by atoms with Crippen LogP contribution in [0.4, 0.5) is 23.9 Å². The molecule has 0 N–H and O–H groups in total. The van der Waals surface area contributed by atoms with Gasteiger partial charge in [-0.2, -0.15) is 13.2 Å². The molecule has 0 atom stereocenters. The Bertz CT molecular complexity index is 765. The van der Waals surface area contributed by atoms with Gasteiger partial charge in [-0.15, -0.1) is 0 Å². The number of dihydropyridines is 1. The molecular weight excluding hydrogens is 365 g/mol. The molecule has 0 saturated heterocycles. The van der Waals surface area contributed by atoms with Crippen molar-refractivity contribution in [2.24, 2.45) is 4.99 Å². The van der Waals surface area contributed by atoms with Gasteiger partial charge in [0.25, 0.3) is 0 Å². The van der Waals surface area contributed by atoms with Crippen LogP contribution in [0.2, 0.25) is 0 Å². The molecule has 0 bridgehead atoms. The van der Waals surface area contributed by atoms with Crippen molar-refractivity contribution in [1.82, 2.24) is 9.97 Å². The third-order valence-corrected chi connectivity index (χ3v) is 3.45. The standard InChI is InChI=1S/C17H19F3N4O3/c1-16(2,3)27-15(26)24(14-22-6-11(10-25)7-23-14)9-12-8-21-5-4-13(12)17(18,19)20/h6-8,10H,4-5,9H2,1-3H3. The van der Waals surface area contributed by atoms with Crippen molar-refractivity contribution in [3.05, 3.63) is 29.1 Å². The quantitative estimate of drug-likeness (QED) is 0.743. The molecule has 1 aliphatic heterocycles. The number of alkyl halides is 3. The summed E-state index contributed by atoms with van der Waals surface area (Å²) in [6.45, 7) is 4.44. The molecule has 1 aliphatic rings. The number of anilines is 1. The van der Waals surface area contributed by atoms with E-state index in [0.717, 1.165) is 11.1 Å². The average molecular weight is 384 g/mol. The first kappa shape index (κ1) is 20.5. The van der Waals surface area contributed by atoms with Crippen molar-refractivity contribution < 1.29 is 27.5 Å². The minimum absolute atomic E-state index is 0.0231. The topological polar surface area (TPSA) is 84.8 Å². The smallest absolute Gasteiger partial charge is 0.417 e. The van der Waals surface area contributed by atoms with E-state index in [-0.39, 0.29) is 30.1 Å². The Hall–Kier alpha value is -2.78. The van der Waals surface area contributed by atoms with Crippen LogP contribution in [0.5, 0.6) is 0 Å². The normalized spacial score (nSPS) is 14.9. The second-order valence-electron chi connectivity index (χ2n) is 6.79. The Morgan fingerprint density at radius 3 is 2.41 bits per heavy atom. The molecule has 1 amide bonds. The zero-order chi connectivity index (χ0) is 20.2. The molecule has 7 nitrogen and oxygen atoms in total. The molecule has 0 aliphatic carbocycles. The van der Waals surface area contributed by atoms with Gasteiger partial charge in [-0.05, 0) is 32.8 Å². The lowest BCUT2D eigenvalue weighted by molar-refractivity contribution is -0.0944. The minimum atomic E-state index is -4.54. The molecule has 0 aromatic carbocycles. The first-order valence-corrected chi connectivity index (χ1v) is 8.08. The maximum absolute atomic E-state index is 13.3. The van der Waals surface area contributed by atoms with E-state index in [1.165, 1.54) is 12.4 Å². The summed E-state index contributed by atoms with van der Waals surface area (Å²) in [6, 6.07) is 0. The van der Waals surface area contributed by atoms with Gasteiger partial charge in [0.05, 0.1) is 12.1 Å². The lowest BCUT2D eigenvalue weighted by Gasteiger charge is -2.27. The molecule has 2 heterocycles. The van der Waals surface area contributed by atoms with Crippen molar-refractivity contribution in [2.75, 3.05) is 18.0 Å². The summed E-state index contributed by atoms with van der Waals surface area (Å²) in [5.74, 6) is -0.178. The van der Waals surface area contributed by atoms with E-state index in [4.69, 9.17) is 4.74 Å². The van der Waals surface area contributed by atoms with Crippen LogP contribution >= 0.6 is 0 Å². The number of hydrogen-bond donors (Lipinski definition) is 0. The zero-order valence-electron chi connectivity index (χ0n) is 15.1. The van der Waals surface area contributed by atoms with Crippen LogP contribution in [0.15, 0.2) is 28.5 Å². The maximum atomic E-state index is 13.3. The fraction of sp³-hybridized carbons (Fsp3) is 0.471. The Morgan fingerprint density at radius 2 is 1.89 bits per heavy atom. The van der Waals surface area contributed by atoms with Crippen molar-refractivity contribution in [2.45, 2.75) is 39.0 Å². The number of ether oxygens (including phenoxy) is 1. The van der Waals surface area contributed by atoms with E-state index in [0.29, 0.717) is 6.29 Å². The van der Waals surface area contributed by atoms with Crippen LogP contribution in [0.3, 0.4) is 0 Å². The van der Waals surface area contributed by atoms with Gasteiger partial charge in [-0.25, -0.2) is 19.7 Å². The number of rotatable bonds is 4. The van der Waals surface area contributed by atoms with E-state index in [2.05, 4.69) is 15.0 Å². The van der Waals surface area contributed by atoms with Crippen molar-refractivity contribution in [1.29, 1.82) is 0 Å². The number of aldehydes is 1. The second-order valence-corrected chi connectivity index (χ2v) is 6.79. The highest BCUT2D eigenvalue weighted by molar-refractivity contribution is 5.90. The van der Waals surface area contributed by atoms with Crippen LogP contribution in [0, 0.1) is 0 Å². The average Bonchev–Trinajstić information content (AvgIpc) is 2.57. The summed E-state index contributed by atoms with van der Waals surface area (Å²) in [7, 11) is 0. The highest BCUT2D eigenvalue weighted by Crippen LogP contribution is 2.32. The number of amides is 1. The summed E-state index contributed by atoms with van der Waals surface area (Å²) in [5.41, 5.74) is -1.63. The van der Waals surface area contributed by atoms with Crippen LogP contribution in [-0.4, -0.2) is 53.4 Å². The highest BCUT2D eigenvalue weighted by atomic mass is 19.4. The van der Waals surface area contributed by atoms with E-state index in [1.807, 2.05) is 0 Å². The molecule has 146 valence electrons. The van der Waals surface area contributed by atoms with E-state index >= 15 is 0 Å². The van der Waals surface area contributed by atoms with E-state index in [9.17, 15) is 22.8 Å². The lowest BCUT2D eigenvalue weighted by Crippen LogP contribution is -2.40. The third-order valence-electron chi connectivity index (χ3n) is 3.45. The van der Waals surface area contributed by atoms with E-state index < -0.39 is 30.0 Å². The van der Waals surface area contributed by atoms with Gasteiger partial charge >= 0.3 is 12.3 Å². The fourth-order valence-electron chi connectivity index (χ4n) is 2.29. The molecule has 0 saturated carbocycles. The predicted molar refractivity (Wildman–Crippen MR) is 92.1 cm³/mol. The second kappa shape index (κ2) is 7.85. The monoisotopic (exact) mass is 384 g/mol. The summed E-state index contributed by atoms with van der Waals surface area (Å²) >= 11 is 0. The minimum Gasteiger partial charge on any atom is -0.443 e. The first-order valence-electron chi connectivity index (χ1n) is 8.08. The van der Waals surface area contributed by atoms with Crippen LogP contribution in [-0.2, 0) is 4.74 Å². The summed E-state index contributed by atoms with van der Waals surface area (Å²) in [4.78, 5) is 35.8. The maximum Gasteiger partial charge on any atom is 0.417 e. The predicted octanol–water partition coefficient (Wildman–Crippen LogP) is 3.36. The summed E-state index contributed by atoms with van der Waals surface area (Å²) < 4.78 is 45.1. The molecule has 1 aromatic heterocycles. The molecule has 0 spiro atoms. The number of aromatic nitrogens is 2. The molecule has 27 heavy (non-hydrogen) atoms. The van der Waals surface area contributed by atoms with Gasteiger partial charge in [0.1, 0.15) is 5.60 Å². The number of nitrogens with zero attached hydrogens (tertiary/aromatic N) is 4. The van der Waals surface area contributed by atoms with E-state index in [1.54, 1.807) is 20.8 Å². The SMILES string of the molecule is CC(C)(C)OC(=O)N(CC1=C(C(F)(F)F)CCN=C1)c1ncc(C=O)cn1. The van der Waals surface area contributed by atoms with Gasteiger partial charge in [0.2, 0.25) is 5.95 Å². The van der Waals surface area contributed by atoms with Crippen molar-refractivity contribution in [3.63, 3.8) is 0 Å². The number of carbonyl (C=O) groups is 2. The summed E-state index contributed by atoms with van der Waals surface area (Å²) in [5, 5.41) is 0. The fourth-order valence-corrected chi connectivity index (χ4v) is 2.29. The third kappa shape index (κ3) is 5.60. The molecule has 0 radical (unpaired) electrons.